The monoisotopic (exact) mass is 1460 g/mol. The van der Waals surface area contributed by atoms with Crippen molar-refractivity contribution in [2.24, 2.45) is 23.1 Å². The smallest absolute Gasteiger partial charge is 0.326 e. The summed E-state index contributed by atoms with van der Waals surface area (Å²) >= 11 is 4.11. The number of nitrogens with zero attached hydrogens (tertiary/aromatic N) is 2. The van der Waals surface area contributed by atoms with Crippen LogP contribution >= 0.6 is 12.6 Å². The number of phenolic OH excluding ortho intramolecular Hbond substituents is 2. The van der Waals surface area contributed by atoms with Gasteiger partial charge in [0.05, 0.1) is 56.1 Å². The van der Waals surface area contributed by atoms with Crippen molar-refractivity contribution in [3.63, 3.8) is 0 Å². The third-order valence-electron chi connectivity index (χ3n) is 15.1. The first-order chi connectivity index (χ1) is 48.6. The molecule has 103 heavy (non-hydrogen) atoms. The molecule has 40 nitrogen and oxygen atoms in total. The van der Waals surface area contributed by atoms with Crippen LogP contribution < -0.4 is 81.0 Å². The number of hydrogen-bond acceptors (Lipinski definition) is 23. The second-order valence-electron chi connectivity index (χ2n) is 23.8. The summed E-state index contributed by atoms with van der Waals surface area (Å²) in [6.07, 6.45) is 1.49. The van der Waals surface area contributed by atoms with Gasteiger partial charge in [-0.3, -0.25) is 71.9 Å². The molecule has 0 spiro atoms. The largest absolute Gasteiger partial charge is 0.508 e. The van der Waals surface area contributed by atoms with Crippen LogP contribution in [-0.2, 0) is 102 Å². The molecule has 4 rings (SSSR count). The third-order valence-corrected chi connectivity index (χ3v) is 15.5. The minimum atomic E-state index is -1.84. The van der Waals surface area contributed by atoms with Gasteiger partial charge in [-0.2, -0.15) is 12.6 Å². The number of amides is 14. The van der Waals surface area contributed by atoms with Crippen molar-refractivity contribution in [2.75, 3.05) is 18.9 Å². The van der Waals surface area contributed by atoms with E-state index >= 15 is 0 Å². The first-order valence-corrected chi connectivity index (χ1v) is 32.3. The molecule has 2 aromatic carbocycles. The van der Waals surface area contributed by atoms with Crippen LogP contribution in [-0.4, -0.2) is 232 Å². The van der Waals surface area contributed by atoms with Crippen LogP contribution in [0.1, 0.15) is 75.9 Å². The highest BCUT2D eigenvalue weighted by molar-refractivity contribution is 7.80. The Labute approximate surface area is 592 Å². The Hall–Kier alpha value is -11.7. The maximum Gasteiger partial charge on any atom is 0.326 e. The zero-order valence-electron chi connectivity index (χ0n) is 56.1. The molecule has 0 radical (unpaired) electrons. The van der Waals surface area contributed by atoms with Crippen LogP contribution in [0.3, 0.4) is 0 Å². The predicted molar refractivity (Wildman–Crippen MR) is 360 cm³/mol. The second kappa shape index (κ2) is 41.1. The van der Waals surface area contributed by atoms with Gasteiger partial charge in [-0.05, 0) is 61.6 Å². The van der Waals surface area contributed by atoms with Gasteiger partial charge in [0.2, 0.25) is 82.7 Å². The lowest BCUT2D eigenvalue weighted by Crippen LogP contribution is -2.61. The Bertz CT molecular complexity index is 3640. The molecular weight excluding hydrogens is 1380 g/mol. The van der Waals surface area contributed by atoms with Gasteiger partial charge in [-0.1, -0.05) is 38.1 Å². The fourth-order valence-electron chi connectivity index (χ4n) is 9.46. The number of carboxylic acids is 2. The molecule has 14 amide bonds. The summed E-state index contributed by atoms with van der Waals surface area (Å²) in [6.45, 7) is 3.42. The number of aliphatic carboxylic acids is 2. The number of aliphatic hydroxyl groups excluding tert-OH is 1. The van der Waals surface area contributed by atoms with E-state index in [1.54, 1.807) is 0 Å². The Balaban J connectivity index is 1.42. The number of aromatic amines is 2. The number of aliphatic hydroxyl groups is 1. The first kappa shape index (κ1) is 83.7. The third kappa shape index (κ3) is 28.8. The Morgan fingerprint density at radius 2 is 0.854 bits per heavy atom. The van der Waals surface area contributed by atoms with Crippen LogP contribution in [0.2, 0.25) is 0 Å². The molecule has 2 aromatic heterocycles. The average molecular weight is 1460 g/mol. The van der Waals surface area contributed by atoms with Gasteiger partial charge >= 0.3 is 11.9 Å². The van der Waals surface area contributed by atoms with Crippen LogP contribution in [0.25, 0.3) is 0 Å². The number of thiol groups is 1. The van der Waals surface area contributed by atoms with Gasteiger partial charge in [0.1, 0.15) is 78.0 Å². The van der Waals surface area contributed by atoms with Gasteiger partial charge in [-0.15, -0.1) is 0 Å². The molecule has 0 unspecified atom stereocenters. The lowest BCUT2D eigenvalue weighted by atomic mass is 10.0. The van der Waals surface area contributed by atoms with Gasteiger partial charge in [0.15, 0.2) is 0 Å². The highest BCUT2D eigenvalue weighted by Gasteiger charge is 2.37. The molecule has 0 saturated heterocycles. The number of hydrogen-bond donors (Lipinski definition) is 23. The van der Waals surface area contributed by atoms with Crippen LogP contribution in [0.5, 0.6) is 11.5 Å². The number of rotatable bonds is 43. The number of nitrogens with two attached hydrogens (primary N) is 3. The number of phenols is 2. The van der Waals surface area contributed by atoms with E-state index in [0.29, 0.717) is 16.8 Å². The number of primary amides is 2. The quantitative estimate of drug-likeness (QED) is 0.0183. The topological polar surface area (TPSA) is 654 Å². The number of carboxylic acid groups (broad SMARTS) is 2. The number of aromatic hydroxyl groups is 2. The lowest BCUT2D eigenvalue weighted by molar-refractivity contribution is -0.143. The van der Waals surface area contributed by atoms with Crippen molar-refractivity contribution in [2.45, 2.75) is 152 Å². The standard InChI is InChI=1S/C62H85N19O21S/c1-28(2)50(81-48(87)23-68-54(93)42(19-46(64)85)77-56(95)40(16-32-7-11-36(84)12-8-32)75-58(97)43(20-47(65)86)74-53(92)37(63)17-33-21-66-26-69-33)61(100)78-39(15-31-5-9-35(83)10-6-31)55(94)72-29(3)51(90)71-30(4)52(91)80-45(25-103)60(99)79-44(24-82)59(98)76-41(18-34-22-67-27-70-34)57(96)73-38(62(101)102)13-14-49(88)89/h5-12,21-22,26-30,37-45,50,82-84,103H,13-20,23-25,63H2,1-4H3,(H2,64,85)(H2,65,86)(H,66,69)(H,67,70)(H,68,93)(H,71,90)(H,72,94)(H,73,96)(H,74,92)(H,75,97)(H,76,98)(H,77,95)(H,78,100)(H,79,99)(H,80,91)(H,81,87)(H,88,89)(H,101,102)/t29-,30-,37-,38-,39-,40-,41-,42-,43-,44-,45-,50-/m0/s1. The molecule has 0 fully saturated rings. The summed E-state index contributed by atoms with van der Waals surface area (Å²) in [5.74, 6) is -19.3. The maximum atomic E-state index is 14.1. The van der Waals surface area contributed by atoms with Crippen molar-refractivity contribution in [1.82, 2.24) is 83.7 Å². The van der Waals surface area contributed by atoms with Crippen LogP contribution in [0.4, 0.5) is 0 Å². The lowest BCUT2D eigenvalue weighted by Gasteiger charge is -2.27. The van der Waals surface area contributed by atoms with Crippen LogP contribution in [0, 0.1) is 5.92 Å². The van der Waals surface area contributed by atoms with Crippen molar-refractivity contribution >= 4 is 107 Å². The summed E-state index contributed by atoms with van der Waals surface area (Å²) in [5.41, 5.74) is 18.2. The summed E-state index contributed by atoms with van der Waals surface area (Å²) in [5, 5.41) is 76.7. The average Bonchev–Trinajstić information content (AvgIpc) is 1.11. The highest BCUT2D eigenvalue weighted by atomic mass is 32.1. The van der Waals surface area contributed by atoms with E-state index in [1.807, 2.05) is 0 Å². The van der Waals surface area contributed by atoms with Gasteiger partial charge in [0.25, 0.3) is 0 Å². The zero-order chi connectivity index (χ0) is 76.8. The van der Waals surface area contributed by atoms with Gasteiger partial charge in [-0.25, -0.2) is 14.8 Å². The normalized spacial score (nSPS) is 14.5. The summed E-state index contributed by atoms with van der Waals surface area (Å²) in [4.78, 5) is 225. The number of carbonyl (C=O) groups is 16. The number of aromatic nitrogens is 4. The van der Waals surface area contributed by atoms with Crippen molar-refractivity contribution in [3.8, 4) is 11.5 Å². The van der Waals surface area contributed by atoms with E-state index in [4.69, 9.17) is 22.3 Å². The Morgan fingerprint density at radius 3 is 1.31 bits per heavy atom. The predicted octanol–water partition coefficient (Wildman–Crippen LogP) is -8.09. The van der Waals surface area contributed by atoms with Crippen LogP contribution in [0.15, 0.2) is 73.6 Å². The molecule has 0 bridgehead atoms. The number of H-pyrrole nitrogens is 2. The van der Waals surface area contributed by atoms with E-state index in [1.165, 1.54) is 101 Å². The van der Waals surface area contributed by atoms with E-state index in [9.17, 15) is 97.1 Å². The SMILES string of the molecule is CC(C)[C@H](NC(=O)CNC(=O)[C@H](CC(N)=O)NC(=O)[C@H](Cc1ccc(O)cc1)NC(=O)[C@H](CC(N)=O)NC(=O)[C@@H](N)Cc1c[nH]cn1)C(=O)N[C@@H](Cc1ccc(O)cc1)C(=O)N[C@@H](C)C(=O)N[C@@H](C)C(=O)N[C@@H](CS)C(=O)N[C@@H](CO)C(=O)N[C@@H](Cc1c[nH]cn1)C(=O)N[C@@H](CCC(=O)O)C(=O)O. The zero-order valence-corrected chi connectivity index (χ0v) is 56.9. The molecule has 41 heteroatoms. The van der Waals surface area contributed by atoms with Gasteiger partial charge < -0.3 is 117 Å². The minimum Gasteiger partial charge on any atom is -0.508 e. The molecule has 0 aliphatic heterocycles. The molecule has 4 aromatic rings. The molecule has 2 heterocycles. The molecule has 0 saturated carbocycles. The van der Waals surface area contributed by atoms with Crippen molar-refractivity contribution < 1.29 is 102 Å². The fourth-order valence-corrected chi connectivity index (χ4v) is 9.72. The van der Waals surface area contributed by atoms with E-state index in [0.717, 1.165) is 0 Å². The molecule has 560 valence electrons. The molecule has 0 aliphatic rings. The molecule has 25 N–H and O–H groups in total. The Morgan fingerprint density at radius 1 is 0.466 bits per heavy atom. The molecular formula is C62H85N19O21S. The summed E-state index contributed by atoms with van der Waals surface area (Å²) in [6, 6.07) is -8.41. The highest BCUT2D eigenvalue weighted by Crippen LogP contribution is 2.15. The minimum absolute atomic E-state index is 0.0910. The number of nitrogens with one attached hydrogen (secondary N) is 14. The number of benzene rings is 2. The fraction of sp³-hybridized carbons (Fsp3) is 0.452. The maximum absolute atomic E-state index is 14.1. The Kier molecular flexibility index (Phi) is 33.4. The van der Waals surface area contributed by atoms with Crippen molar-refractivity contribution in [3.05, 3.63) is 96.1 Å². The molecule has 0 aliphatic carbocycles. The first-order valence-electron chi connectivity index (χ1n) is 31.7. The number of carbonyl (C=O) groups excluding carboxylic acids is 14. The van der Waals surface area contributed by atoms with E-state index in [2.05, 4.69) is 96.4 Å². The van der Waals surface area contributed by atoms with Crippen molar-refractivity contribution in [1.29, 1.82) is 0 Å². The van der Waals surface area contributed by atoms with Gasteiger partial charge in [0, 0.05) is 50.3 Å². The van der Waals surface area contributed by atoms with E-state index < -0.39 is 218 Å². The summed E-state index contributed by atoms with van der Waals surface area (Å²) in [7, 11) is 0. The van der Waals surface area contributed by atoms with E-state index in [-0.39, 0.29) is 42.9 Å². The second-order valence-corrected chi connectivity index (χ2v) is 24.2. The number of imidazole rings is 2. The molecule has 12 atom stereocenters. The summed E-state index contributed by atoms with van der Waals surface area (Å²) < 4.78 is 0.